The number of pyridine rings is 1. The summed E-state index contributed by atoms with van der Waals surface area (Å²) in [5.41, 5.74) is 1.05. The molecule has 0 bridgehead atoms. The first kappa shape index (κ1) is 15.6. The molecule has 1 unspecified atom stereocenters. The van der Waals surface area contributed by atoms with Crippen molar-refractivity contribution in [2.24, 2.45) is 0 Å². The molecule has 0 fully saturated rings. The molecule has 0 aliphatic carbocycles. The average Bonchev–Trinajstić information content (AvgIpc) is 2.85. The molecule has 1 atom stereocenters. The Labute approximate surface area is 126 Å². The molecule has 2 aromatic heterocycles. The summed E-state index contributed by atoms with van der Waals surface area (Å²) in [5, 5.41) is 3.51. The van der Waals surface area contributed by atoms with E-state index in [0.717, 1.165) is 35.8 Å². The van der Waals surface area contributed by atoms with Crippen molar-refractivity contribution in [1.29, 1.82) is 0 Å². The van der Waals surface area contributed by atoms with Crippen LogP contribution in [0.4, 0.5) is 0 Å². The Morgan fingerprint density at radius 1 is 1.29 bits per heavy atom. The van der Waals surface area contributed by atoms with Crippen LogP contribution in [0.3, 0.4) is 0 Å². The van der Waals surface area contributed by atoms with E-state index in [1.807, 2.05) is 45.2 Å². The van der Waals surface area contributed by atoms with Gasteiger partial charge in [-0.2, -0.15) is 0 Å². The molecule has 0 radical (unpaired) electrons. The van der Waals surface area contributed by atoms with Crippen molar-refractivity contribution in [2.75, 3.05) is 6.54 Å². The van der Waals surface area contributed by atoms with Gasteiger partial charge in [-0.25, -0.2) is 0 Å². The van der Waals surface area contributed by atoms with E-state index in [1.165, 1.54) is 0 Å². The van der Waals surface area contributed by atoms with Crippen molar-refractivity contribution in [1.82, 2.24) is 10.3 Å². The molecule has 0 saturated carbocycles. The number of aryl methyl sites for hydroxylation is 1. The first-order valence-electron chi connectivity index (χ1n) is 7.51. The standard InChI is InChI=1S/C17H24N2O2/c1-5-8-19-17(16-7-6-13(4)21-16)14-9-15(11-18-10-14)20-12(2)3/h6-7,9-12,17,19H,5,8H2,1-4H3. The summed E-state index contributed by atoms with van der Waals surface area (Å²) in [4.78, 5) is 4.29. The van der Waals surface area contributed by atoms with E-state index < -0.39 is 0 Å². The molecule has 0 aromatic carbocycles. The van der Waals surface area contributed by atoms with Gasteiger partial charge in [-0.15, -0.1) is 0 Å². The topological polar surface area (TPSA) is 47.3 Å². The van der Waals surface area contributed by atoms with Crippen LogP contribution in [-0.2, 0) is 0 Å². The van der Waals surface area contributed by atoms with Crippen molar-refractivity contribution >= 4 is 0 Å². The summed E-state index contributed by atoms with van der Waals surface area (Å²) in [6.07, 6.45) is 4.80. The first-order valence-corrected chi connectivity index (χ1v) is 7.51. The summed E-state index contributed by atoms with van der Waals surface area (Å²) >= 11 is 0. The lowest BCUT2D eigenvalue weighted by atomic mass is 10.1. The fourth-order valence-electron chi connectivity index (χ4n) is 2.21. The number of furan rings is 1. The molecule has 114 valence electrons. The lowest BCUT2D eigenvalue weighted by Gasteiger charge is -2.18. The van der Waals surface area contributed by atoms with Gasteiger partial charge in [0.05, 0.1) is 18.3 Å². The number of nitrogens with one attached hydrogen (secondary N) is 1. The lowest BCUT2D eigenvalue weighted by Crippen LogP contribution is -2.23. The zero-order chi connectivity index (χ0) is 15.2. The Hall–Kier alpha value is -1.81. The van der Waals surface area contributed by atoms with E-state index in [9.17, 15) is 0 Å². The maximum absolute atomic E-state index is 5.79. The predicted octanol–water partition coefficient (Wildman–Crippen LogP) is 3.86. The van der Waals surface area contributed by atoms with Gasteiger partial charge in [-0.1, -0.05) is 6.92 Å². The van der Waals surface area contributed by atoms with Crippen LogP contribution < -0.4 is 10.1 Å². The average molecular weight is 288 g/mol. The van der Waals surface area contributed by atoms with Gasteiger partial charge in [0, 0.05) is 6.20 Å². The number of ether oxygens (including phenoxy) is 1. The van der Waals surface area contributed by atoms with Gasteiger partial charge >= 0.3 is 0 Å². The van der Waals surface area contributed by atoms with Crippen molar-refractivity contribution in [2.45, 2.75) is 46.3 Å². The van der Waals surface area contributed by atoms with Crippen LogP contribution in [0, 0.1) is 6.92 Å². The van der Waals surface area contributed by atoms with Crippen LogP contribution in [0.1, 0.15) is 50.3 Å². The molecule has 0 aliphatic rings. The lowest BCUT2D eigenvalue weighted by molar-refractivity contribution is 0.241. The highest BCUT2D eigenvalue weighted by Crippen LogP contribution is 2.26. The van der Waals surface area contributed by atoms with Crippen LogP contribution in [0.25, 0.3) is 0 Å². The largest absolute Gasteiger partial charge is 0.489 e. The summed E-state index contributed by atoms with van der Waals surface area (Å²) in [7, 11) is 0. The molecule has 21 heavy (non-hydrogen) atoms. The van der Waals surface area contributed by atoms with Crippen LogP contribution in [0.5, 0.6) is 5.75 Å². The van der Waals surface area contributed by atoms with E-state index in [0.29, 0.717) is 0 Å². The molecular formula is C17H24N2O2. The van der Waals surface area contributed by atoms with Gasteiger partial charge in [0.15, 0.2) is 0 Å². The molecule has 2 aromatic rings. The van der Waals surface area contributed by atoms with Crippen molar-refractivity contribution < 1.29 is 9.15 Å². The zero-order valence-electron chi connectivity index (χ0n) is 13.2. The number of hydrogen-bond donors (Lipinski definition) is 1. The Balaban J connectivity index is 2.27. The van der Waals surface area contributed by atoms with Crippen molar-refractivity contribution in [3.63, 3.8) is 0 Å². The second-order valence-electron chi connectivity index (χ2n) is 5.46. The number of hydrogen-bond acceptors (Lipinski definition) is 4. The minimum absolute atomic E-state index is 0.00172. The molecule has 0 amide bonds. The maximum atomic E-state index is 5.79. The van der Waals surface area contributed by atoms with Gasteiger partial charge < -0.3 is 14.5 Å². The van der Waals surface area contributed by atoms with E-state index in [-0.39, 0.29) is 12.1 Å². The van der Waals surface area contributed by atoms with Gasteiger partial charge in [0.1, 0.15) is 17.3 Å². The molecule has 2 heterocycles. The first-order chi connectivity index (χ1) is 10.1. The van der Waals surface area contributed by atoms with Crippen LogP contribution >= 0.6 is 0 Å². The summed E-state index contributed by atoms with van der Waals surface area (Å²) in [6, 6.07) is 6.02. The Kier molecular flexibility index (Phi) is 5.39. The summed E-state index contributed by atoms with van der Waals surface area (Å²) in [5.74, 6) is 2.61. The highest BCUT2D eigenvalue weighted by molar-refractivity contribution is 5.31. The number of nitrogens with zero attached hydrogens (tertiary/aromatic N) is 1. The second-order valence-corrected chi connectivity index (χ2v) is 5.46. The smallest absolute Gasteiger partial charge is 0.138 e. The third kappa shape index (κ3) is 4.33. The fourth-order valence-corrected chi connectivity index (χ4v) is 2.21. The van der Waals surface area contributed by atoms with E-state index in [1.54, 1.807) is 6.20 Å². The predicted molar refractivity (Wildman–Crippen MR) is 83.6 cm³/mol. The van der Waals surface area contributed by atoms with Crippen molar-refractivity contribution in [3.05, 3.63) is 47.7 Å². The highest BCUT2D eigenvalue weighted by atomic mass is 16.5. The van der Waals surface area contributed by atoms with E-state index >= 15 is 0 Å². The van der Waals surface area contributed by atoms with E-state index in [2.05, 4.69) is 17.2 Å². The molecule has 1 N–H and O–H groups in total. The maximum Gasteiger partial charge on any atom is 0.138 e. The summed E-state index contributed by atoms with van der Waals surface area (Å²) in [6.45, 7) is 9.04. The third-order valence-corrected chi connectivity index (χ3v) is 3.08. The second kappa shape index (κ2) is 7.27. The molecule has 4 heteroatoms. The Morgan fingerprint density at radius 2 is 2.10 bits per heavy atom. The number of rotatable bonds is 7. The normalized spacial score (nSPS) is 12.6. The third-order valence-electron chi connectivity index (χ3n) is 3.08. The molecule has 0 aliphatic heterocycles. The minimum atomic E-state index is 0.00172. The Morgan fingerprint density at radius 3 is 2.71 bits per heavy atom. The van der Waals surface area contributed by atoms with Crippen LogP contribution in [0.2, 0.25) is 0 Å². The molecule has 0 saturated heterocycles. The quantitative estimate of drug-likeness (QED) is 0.840. The van der Waals surface area contributed by atoms with Gasteiger partial charge in [0.25, 0.3) is 0 Å². The molecule has 2 rings (SSSR count). The highest BCUT2D eigenvalue weighted by Gasteiger charge is 2.18. The molecule has 0 spiro atoms. The fraction of sp³-hybridized carbons (Fsp3) is 0.471. The van der Waals surface area contributed by atoms with Gasteiger partial charge in [-0.05, 0) is 57.5 Å². The summed E-state index contributed by atoms with van der Waals surface area (Å²) < 4.78 is 11.5. The van der Waals surface area contributed by atoms with E-state index in [4.69, 9.17) is 9.15 Å². The van der Waals surface area contributed by atoms with Gasteiger partial charge in [-0.3, -0.25) is 4.98 Å². The van der Waals surface area contributed by atoms with Crippen LogP contribution in [-0.4, -0.2) is 17.6 Å². The Bertz CT molecular complexity index is 563. The zero-order valence-corrected chi connectivity index (χ0v) is 13.2. The monoisotopic (exact) mass is 288 g/mol. The SMILES string of the molecule is CCCNC(c1cncc(OC(C)C)c1)c1ccc(C)o1. The van der Waals surface area contributed by atoms with Crippen LogP contribution in [0.15, 0.2) is 35.0 Å². The molecular weight excluding hydrogens is 264 g/mol. The van der Waals surface area contributed by atoms with Gasteiger partial charge in [0.2, 0.25) is 0 Å². The van der Waals surface area contributed by atoms with Crippen molar-refractivity contribution in [3.8, 4) is 5.75 Å². The number of aromatic nitrogens is 1. The minimum Gasteiger partial charge on any atom is -0.489 e. The molecule has 4 nitrogen and oxygen atoms in total.